The number of sulfonamides is 1. The molecule has 4 rings (SSSR count). The number of nitrogens with one attached hydrogen (secondary N) is 1. The number of aliphatic hydroxyl groups is 1. The van der Waals surface area contributed by atoms with Crippen LogP contribution in [0.5, 0.6) is 11.5 Å². The van der Waals surface area contributed by atoms with Crippen molar-refractivity contribution < 1.29 is 27.8 Å². The Bertz CT molecular complexity index is 1260. The molecule has 0 bridgehead atoms. The second-order valence-corrected chi connectivity index (χ2v) is 13.4. The molecule has 2 aromatic carbocycles. The number of fused-ring (bicyclic) bond motifs is 1. The van der Waals surface area contributed by atoms with Crippen LogP contribution in [0.15, 0.2) is 47.4 Å². The SMILES string of the molecule is COc1ccc(S(=O)(=O)Nc2ccc3c(c2)CC(=O)N([C@@H](C)CO)C[C@H](C)[C@@H](CN(C)CC2CCCCC2)O3)cc1. The van der Waals surface area contributed by atoms with Gasteiger partial charge < -0.3 is 24.4 Å². The zero-order valence-electron chi connectivity index (χ0n) is 24.7. The van der Waals surface area contributed by atoms with Crippen molar-refractivity contribution in [3.63, 3.8) is 0 Å². The molecule has 1 saturated carbocycles. The molecule has 9 nitrogen and oxygen atoms in total. The van der Waals surface area contributed by atoms with Crippen LogP contribution >= 0.6 is 0 Å². The monoisotopic (exact) mass is 587 g/mol. The van der Waals surface area contributed by atoms with Gasteiger partial charge in [0.05, 0.1) is 31.1 Å². The molecular formula is C31H45N3O6S. The maximum absolute atomic E-state index is 13.5. The maximum atomic E-state index is 13.5. The van der Waals surface area contributed by atoms with E-state index in [1.165, 1.54) is 51.3 Å². The molecule has 0 unspecified atom stereocenters. The van der Waals surface area contributed by atoms with Crippen molar-refractivity contribution in [2.45, 2.75) is 69.4 Å². The normalized spacial score (nSPS) is 21.3. The summed E-state index contributed by atoms with van der Waals surface area (Å²) in [6, 6.07) is 10.9. The van der Waals surface area contributed by atoms with Crippen molar-refractivity contribution in [1.82, 2.24) is 9.80 Å². The topological polar surface area (TPSA) is 108 Å². The predicted octanol–water partition coefficient (Wildman–Crippen LogP) is 4.16. The van der Waals surface area contributed by atoms with Gasteiger partial charge in [-0.25, -0.2) is 8.42 Å². The number of carbonyl (C=O) groups is 1. The third kappa shape index (κ3) is 8.14. The molecule has 41 heavy (non-hydrogen) atoms. The van der Waals surface area contributed by atoms with Crippen LogP contribution in [0.25, 0.3) is 0 Å². The van der Waals surface area contributed by atoms with Gasteiger partial charge in [-0.1, -0.05) is 26.2 Å². The summed E-state index contributed by atoms with van der Waals surface area (Å²) in [6.45, 7) is 5.98. The Labute approximate surface area is 244 Å². The van der Waals surface area contributed by atoms with Crippen LogP contribution in [0.1, 0.15) is 51.5 Å². The Kier molecular flexibility index (Phi) is 10.5. The largest absolute Gasteiger partial charge is 0.497 e. The molecule has 2 N–H and O–H groups in total. The summed E-state index contributed by atoms with van der Waals surface area (Å²) in [7, 11) is -0.206. The Morgan fingerprint density at radius 3 is 2.49 bits per heavy atom. The minimum Gasteiger partial charge on any atom is -0.497 e. The van der Waals surface area contributed by atoms with Crippen molar-refractivity contribution >= 4 is 21.6 Å². The van der Waals surface area contributed by atoms with Crippen molar-refractivity contribution in [2.75, 3.05) is 45.1 Å². The molecule has 1 fully saturated rings. The highest BCUT2D eigenvalue weighted by Crippen LogP contribution is 2.31. The number of hydrogen-bond donors (Lipinski definition) is 2. The van der Waals surface area contributed by atoms with Crippen molar-refractivity contribution in [3.8, 4) is 11.5 Å². The summed E-state index contributed by atoms with van der Waals surface area (Å²) in [6.07, 6.45) is 6.29. The van der Waals surface area contributed by atoms with Crippen LogP contribution < -0.4 is 14.2 Å². The smallest absolute Gasteiger partial charge is 0.261 e. The van der Waals surface area contributed by atoms with Gasteiger partial charge in [0.15, 0.2) is 0 Å². The average molecular weight is 588 g/mol. The minimum absolute atomic E-state index is 0.0148. The molecule has 1 aliphatic carbocycles. The standard InChI is InChI=1S/C31H45N3O6S/c1-22-18-34(23(2)21-35)31(36)17-25-16-26(32-41(37,38)28-13-11-27(39-4)12-14-28)10-15-29(25)40-30(22)20-33(3)19-24-8-6-5-7-9-24/h10-16,22-24,30,32,35H,5-9,17-21H2,1-4H3/t22-,23-,30+/m0/s1. The lowest BCUT2D eigenvalue weighted by molar-refractivity contribution is -0.134. The molecule has 2 aromatic rings. The maximum Gasteiger partial charge on any atom is 0.261 e. The summed E-state index contributed by atoms with van der Waals surface area (Å²) in [5, 5.41) is 9.91. The number of rotatable bonds is 10. The van der Waals surface area contributed by atoms with Gasteiger partial charge in [0, 0.05) is 36.8 Å². The number of amides is 1. The van der Waals surface area contributed by atoms with Crippen molar-refractivity contribution in [1.29, 1.82) is 0 Å². The number of anilines is 1. The van der Waals surface area contributed by atoms with Gasteiger partial charge in [-0.3, -0.25) is 9.52 Å². The van der Waals surface area contributed by atoms with Gasteiger partial charge in [-0.05, 0) is 75.2 Å². The zero-order chi connectivity index (χ0) is 29.6. The summed E-state index contributed by atoms with van der Waals surface area (Å²) >= 11 is 0. The summed E-state index contributed by atoms with van der Waals surface area (Å²) in [5.74, 6) is 1.72. The molecule has 1 heterocycles. The number of aliphatic hydroxyl groups excluding tert-OH is 1. The number of ether oxygens (including phenoxy) is 2. The Balaban J connectivity index is 1.59. The van der Waals surface area contributed by atoms with Gasteiger partial charge in [-0.2, -0.15) is 0 Å². The fourth-order valence-corrected chi connectivity index (χ4v) is 6.92. The molecule has 0 aromatic heterocycles. The predicted molar refractivity (Wildman–Crippen MR) is 160 cm³/mol. The highest BCUT2D eigenvalue weighted by atomic mass is 32.2. The number of benzene rings is 2. The quantitative estimate of drug-likeness (QED) is 0.430. The number of likely N-dealkylation sites (N-methyl/N-ethyl adjacent to an activating group) is 1. The molecular weight excluding hydrogens is 542 g/mol. The van der Waals surface area contributed by atoms with Crippen molar-refractivity contribution in [2.24, 2.45) is 11.8 Å². The van der Waals surface area contributed by atoms with Crippen LogP contribution in [0.2, 0.25) is 0 Å². The number of hydrogen-bond acceptors (Lipinski definition) is 7. The zero-order valence-corrected chi connectivity index (χ0v) is 25.5. The average Bonchev–Trinajstić information content (AvgIpc) is 3.00. The van der Waals surface area contributed by atoms with Gasteiger partial charge in [-0.15, -0.1) is 0 Å². The van der Waals surface area contributed by atoms with Gasteiger partial charge in [0.25, 0.3) is 10.0 Å². The first-order valence-corrected chi connectivity index (χ1v) is 16.1. The molecule has 3 atom stereocenters. The van der Waals surface area contributed by atoms with E-state index in [-0.39, 0.29) is 41.9 Å². The van der Waals surface area contributed by atoms with Gasteiger partial charge in [0.1, 0.15) is 17.6 Å². The lowest BCUT2D eigenvalue weighted by atomic mass is 9.89. The summed E-state index contributed by atoms with van der Waals surface area (Å²) < 4.78 is 40.5. The summed E-state index contributed by atoms with van der Waals surface area (Å²) in [4.78, 5) is 17.7. The number of carbonyl (C=O) groups excluding carboxylic acids is 1. The number of nitrogens with zero attached hydrogens (tertiary/aromatic N) is 2. The van der Waals surface area contributed by atoms with E-state index in [9.17, 15) is 18.3 Å². The molecule has 1 aliphatic heterocycles. The highest BCUT2D eigenvalue weighted by Gasteiger charge is 2.31. The molecule has 10 heteroatoms. The molecule has 226 valence electrons. The van der Waals surface area contributed by atoms with E-state index < -0.39 is 10.0 Å². The lowest BCUT2D eigenvalue weighted by Gasteiger charge is -2.35. The second kappa shape index (κ2) is 13.9. The first-order chi connectivity index (χ1) is 19.6. The molecule has 0 spiro atoms. The van der Waals surface area contributed by atoms with Crippen LogP contribution in [0.3, 0.4) is 0 Å². The lowest BCUT2D eigenvalue weighted by Crippen LogP contribution is -2.48. The third-order valence-corrected chi connectivity index (χ3v) is 9.72. The molecule has 0 radical (unpaired) electrons. The second-order valence-electron chi connectivity index (χ2n) is 11.7. The van der Waals surface area contributed by atoms with Crippen LogP contribution in [0.4, 0.5) is 5.69 Å². The van der Waals surface area contributed by atoms with E-state index in [2.05, 4.69) is 23.6 Å². The third-order valence-electron chi connectivity index (χ3n) is 8.32. The fourth-order valence-electron chi connectivity index (χ4n) is 5.87. The minimum atomic E-state index is -3.86. The molecule has 1 amide bonds. The summed E-state index contributed by atoms with van der Waals surface area (Å²) in [5.41, 5.74) is 0.949. The van der Waals surface area contributed by atoms with Crippen LogP contribution in [-0.4, -0.2) is 81.8 Å². The van der Waals surface area contributed by atoms with E-state index in [4.69, 9.17) is 9.47 Å². The van der Waals surface area contributed by atoms with Crippen LogP contribution in [0, 0.1) is 11.8 Å². The van der Waals surface area contributed by atoms with E-state index in [1.54, 1.807) is 35.2 Å². The van der Waals surface area contributed by atoms with E-state index in [1.807, 2.05) is 6.92 Å². The molecule has 0 saturated heterocycles. The van der Waals surface area contributed by atoms with E-state index >= 15 is 0 Å². The van der Waals surface area contributed by atoms with Crippen molar-refractivity contribution in [3.05, 3.63) is 48.0 Å². The van der Waals surface area contributed by atoms with E-state index in [0.29, 0.717) is 41.8 Å². The first-order valence-electron chi connectivity index (χ1n) is 14.6. The Morgan fingerprint density at radius 2 is 1.83 bits per heavy atom. The number of methoxy groups -OCH3 is 1. The van der Waals surface area contributed by atoms with E-state index in [0.717, 1.165) is 6.54 Å². The Morgan fingerprint density at radius 1 is 1.12 bits per heavy atom. The Hall–Kier alpha value is -2.82. The van der Waals surface area contributed by atoms with Gasteiger partial charge in [0.2, 0.25) is 5.91 Å². The first kappa shape index (κ1) is 31.1. The highest BCUT2D eigenvalue weighted by molar-refractivity contribution is 7.92. The fraction of sp³-hybridized carbons (Fsp3) is 0.581. The molecule has 2 aliphatic rings. The van der Waals surface area contributed by atoms with Crippen LogP contribution in [-0.2, 0) is 21.2 Å². The van der Waals surface area contributed by atoms with Gasteiger partial charge >= 0.3 is 0 Å².